The molecule has 1 aromatic carbocycles. The van der Waals surface area contributed by atoms with Gasteiger partial charge in [0.1, 0.15) is 10.8 Å². The largest absolute Gasteiger partial charge is 0.365 e. The van der Waals surface area contributed by atoms with Crippen LogP contribution in [0, 0.1) is 13.8 Å². The smallest absolute Gasteiger partial charge is 0.251 e. The Morgan fingerprint density at radius 3 is 2.75 bits per heavy atom. The number of anilines is 2. The lowest BCUT2D eigenvalue weighted by molar-refractivity contribution is 0.100. The van der Waals surface area contributed by atoms with Crippen LogP contribution in [0.1, 0.15) is 20.8 Å². The highest BCUT2D eigenvalue weighted by atomic mass is 35.5. The summed E-state index contributed by atoms with van der Waals surface area (Å²) >= 11 is 7.66. The summed E-state index contributed by atoms with van der Waals surface area (Å²) in [6, 6.07) is 9.13. The maximum atomic E-state index is 12.0. The molecular weight excluding hydrogens is 394 g/mol. The number of rotatable bonds is 4. The molecule has 3 aromatic heterocycles. The number of carbonyl (C=O) groups is 1. The maximum Gasteiger partial charge on any atom is 0.251 e. The molecule has 140 valence electrons. The number of hydrogen-bond donors (Lipinski definition) is 2. The van der Waals surface area contributed by atoms with Crippen molar-refractivity contribution in [1.29, 1.82) is 0 Å². The number of nitrogens with one attached hydrogen (secondary N) is 1. The standard InChI is InChI=1S/C20H16ClN5OS/c1-10-11(2)28-20(16(10)17(22)27)26-19-14-8-13(21)5-6-15(14)24-18(25-19)12-4-3-7-23-9-12/h3-9H,1-2H3,(H2,22,27)(H,24,25,26). The molecule has 3 N–H and O–H groups in total. The predicted octanol–water partition coefficient (Wildman–Crippen LogP) is 4.87. The SMILES string of the molecule is Cc1sc(Nc2nc(-c3cccnc3)nc3ccc(Cl)cc23)c(C(N)=O)c1C. The molecule has 0 fully saturated rings. The molecule has 0 bridgehead atoms. The number of primary amides is 1. The molecule has 0 radical (unpaired) electrons. The Bertz CT molecular complexity index is 1210. The lowest BCUT2D eigenvalue weighted by Crippen LogP contribution is -2.13. The fraction of sp³-hybridized carbons (Fsp3) is 0.100. The number of carbonyl (C=O) groups excluding carboxylic acids is 1. The third-order valence-corrected chi connectivity index (χ3v) is 5.80. The summed E-state index contributed by atoms with van der Waals surface area (Å²) in [5.74, 6) is 0.597. The van der Waals surface area contributed by atoms with Crippen molar-refractivity contribution < 1.29 is 4.79 Å². The van der Waals surface area contributed by atoms with Gasteiger partial charge < -0.3 is 11.1 Å². The van der Waals surface area contributed by atoms with Gasteiger partial charge in [-0.1, -0.05) is 11.6 Å². The molecule has 0 aliphatic carbocycles. The molecule has 0 unspecified atom stereocenters. The highest BCUT2D eigenvalue weighted by molar-refractivity contribution is 7.16. The van der Waals surface area contributed by atoms with Crippen LogP contribution in [-0.4, -0.2) is 20.9 Å². The van der Waals surface area contributed by atoms with E-state index in [1.54, 1.807) is 24.5 Å². The van der Waals surface area contributed by atoms with Crippen molar-refractivity contribution >= 4 is 50.6 Å². The van der Waals surface area contributed by atoms with Gasteiger partial charge in [-0.3, -0.25) is 9.78 Å². The highest BCUT2D eigenvalue weighted by Gasteiger charge is 2.19. The minimum atomic E-state index is -0.478. The second-order valence-electron chi connectivity index (χ2n) is 6.28. The average Bonchev–Trinajstić information content (AvgIpc) is 2.96. The zero-order chi connectivity index (χ0) is 19.8. The Balaban J connectivity index is 1.92. The molecule has 3 heterocycles. The molecule has 4 rings (SSSR count). The molecule has 0 aliphatic rings. The first kappa shape index (κ1) is 18.3. The molecule has 0 saturated carbocycles. The normalized spacial score (nSPS) is 11.0. The van der Waals surface area contributed by atoms with Crippen molar-refractivity contribution in [2.45, 2.75) is 13.8 Å². The Hall–Kier alpha value is -3.03. The number of thiophene rings is 1. The Morgan fingerprint density at radius 1 is 1.21 bits per heavy atom. The van der Waals surface area contributed by atoms with Crippen LogP contribution >= 0.6 is 22.9 Å². The van der Waals surface area contributed by atoms with Crippen molar-refractivity contribution in [2.24, 2.45) is 5.73 Å². The molecule has 6 nitrogen and oxygen atoms in total. The minimum Gasteiger partial charge on any atom is -0.365 e. The van der Waals surface area contributed by atoms with E-state index in [4.69, 9.17) is 17.3 Å². The summed E-state index contributed by atoms with van der Waals surface area (Å²) in [5, 5.41) is 5.26. The molecular formula is C20H16ClN5OS. The lowest BCUT2D eigenvalue weighted by Gasteiger charge is -2.11. The zero-order valence-corrected chi connectivity index (χ0v) is 16.7. The van der Waals surface area contributed by atoms with Gasteiger partial charge in [0.25, 0.3) is 5.91 Å². The first-order valence-corrected chi connectivity index (χ1v) is 9.68. The van der Waals surface area contributed by atoms with Gasteiger partial charge >= 0.3 is 0 Å². The number of nitrogens with two attached hydrogens (primary N) is 1. The van der Waals surface area contributed by atoms with Crippen molar-refractivity contribution in [3.05, 3.63) is 63.8 Å². The van der Waals surface area contributed by atoms with E-state index >= 15 is 0 Å². The summed E-state index contributed by atoms with van der Waals surface area (Å²) in [4.78, 5) is 26.4. The van der Waals surface area contributed by atoms with Crippen LogP contribution in [0.4, 0.5) is 10.8 Å². The van der Waals surface area contributed by atoms with E-state index in [2.05, 4.69) is 20.3 Å². The van der Waals surface area contributed by atoms with E-state index in [0.717, 1.165) is 26.9 Å². The van der Waals surface area contributed by atoms with Crippen LogP contribution in [0.5, 0.6) is 0 Å². The number of fused-ring (bicyclic) bond motifs is 1. The number of benzene rings is 1. The fourth-order valence-corrected chi connectivity index (χ4v) is 4.18. The van der Waals surface area contributed by atoms with Crippen molar-refractivity contribution in [3.8, 4) is 11.4 Å². The Morgan fingerprint density at radius 2 is 2.04 bits per heavy atom. The van der Waals surface area contributed by atoms with E-state index in [1.807, 2.05) is 32.0 Å². The van der Waals surface area contributed by atoms with Crippen LogP contribution in [0.15, 0.2) is 42.7 Å². The highest BCUT2D eigenvalue weighted by Crippen LogP contribution is 2.36. The average molecular weight is 410 g/mol. The third kappa shape index (κ3) is 3.30. The van der Waals surface area contributed by atoms with Gasteiger partial charge in [0, 0.05) is 33.2 Å². The first-order valence-electron chi connectivity index (χ1n) is 8.48. The number of aryl methyl sites for hydroxylation is 1. The number of hydrogen-bond acceptors (Lipinski definition) is 6. The number of halogens is 1. The Labute approximate surface area is 170 Å². The van der Waals surface area contributed by atoms with Crippen LogP contribution in [0.25, 0.3) is 22.3 Å². The number of aromatic nitrogens is 3. The molecule has 0 aliphatic heterocycles. The van der Waals surface area contributed by atoms with Crippen LogP contribution in [-0.2, 0) is 0 Å². The zero-order valence-electron chi connectivity index (χ0n) is 15.2. The summed E-state index contributed by atoms with van der Waals surface area (Å²) in [5.41, 5.74) is 8.46. The molecule has 0 spiro atoms. The van der Waals surface area contributed by atoms with Gasteiger partial charge in [-0.25, -0.2) is 9.97 Å². The number of amides is 1. The molecule has 0 atom stereocenters. The third-order valence-electron chi connectivity index (χ3n) is 4.44. The topological polar surface area (TPSA) is 93.8 Å². The van der Waals surface area contributed by atoms with Gasteiger partial charge in [-0.05, 0) is 49.7 Å². The van der Waals surface area contributed by atoms with E-state index in [9.17, 15) is 4.79 Å². The molecule has 0 saturated heterocycles. The Kier molecular flexibility index (Phi) is 4.70. The van der Waals surface area contributed by atoms with Gasteiger partial charge in [0.05, 0.1) is 11.1 Å². The second kappa shape index (κ2) is 7.18. The first-order chi connectivity index (χ1) is 13.4. The number of nitrogens with zero attached hydrogens (tertiary/aromatic N) is 3. The van der Waals surface area contributed by atoms with Crippen LogP contribution < -0.4 is 11.1 Å². The van der Waals surface area contributed by atoms with E-state index in [0.29, 0.717) is 27.2 Å². The van der Waals surface area contributed by atoms with Gasteiger partial charge in [0.15, 0.2) is 5.82 Å². The lowest BCUT2D eigenvalue weighted by atomic mass is 10.1. The van der Waals surface area contributed by atoms with Gasteiger partial charge in [0.2, 0.25) is 0 Å². The summed E-state index contributed by atoms with van der Waals surface area (Å²) < 4.78 is 0. The van der Waals surface area contributed by atoms with Crippen molar-refractivity contribution in [3.63, 3.8) is 0 Å². The molecule has 8 heteroatoms. The summed E-state index contributed by atoms with van der Waals surface area (Å²) in [7, 11) is 0. The van der Waals surface area contributed by atoms with E-state index in [1.165, 1.54) is 11.3 Å². The van der Waals surface area contributed by atoms with Crippen molar-refractivity contribution in [2.75, 3.05) is 5.32 Å². The van der Waals surface area contributed by atoms with E-state index in [-0.39, 0.29) is 0 Å². The molecule has 4 aromatic rings. The minimum absolute atomic E-state index is 0.471. The quantitative estimate of drug-likeness (QED) is 0.501. The molecule has 1 amide bonds. The van der Waals surface area contributed by atoms with Gasteiger partial charge in [-0.2, -0.15) is 0 Å². The van der Waals surface area contributed by atoms with E-state index < -0.39 is 5.91 Å². The monoisotopic (exact) mass is 409 g/mol. The number of pyridine rings is 1. The fourth-order valence-electron chi connectivity index (χ4n) is 2.94. The van der Waals surface area contributed by atoms with Crippen LogP contribution in [0.3, 0.4) is 0 Å². The molecule has 28 heavy (non-hydrogen) atoms. The second-order valence-corrected chi connectivity index (χ2v) is 7.94. The van der Waals surface area contributed by atoms with Crippen LogP contribution in [0.2, 0.25) is 5.02 Å². The van der Waals surface area contributed by atoms with Gasteiger partial charge in [-0.15, -0.1) is 11.3 Å². The predicted molar refractivity (Wildman–Crippen MR) is 113 cm³/mol. The maximum absolute atomic E-state index is 12.0. The van der Waals surface area contributed by atoms with Crippen molar-refractivity contribution in [1.82, 2.24) is 15.0 Å². The summed E-state index contributed by atoms with van der Waals surface area (Å²) in [6.45, 7) is 3.83. The summed E-state index contributed by atoms with van der Waals surface area (Å²) in [6.07, 6.45) is 3.40.